The Kier molecular flexibility index (Phi) is 5.50. The minimum absolute atomic E-state index is 0.0367. The fraction of sp³-hybridized carbons (Fsp3) is 0.500. The van der Waals surface area contributed by atoms with Gasteiger partial charge in [0.2, 0.25) is 5.91 Å². The van der Waals surface area contributed by atoms with Crippen LogP contribution < -0.4 is 25.4 Å². The second-order valence-corrected chi connectivity index (χ2v) is 8.39. The van der Waals surface area contributed by atoms with Crippen LogP contribution in [-0.4, -0.2) is 57.7 Å². The Morgan fingerprint density at radius 1 is 1.15 bits per heavy atom. The van der Waals surface area contributed by atoms with Gasteiger partial charge in [0.15, 0.2) is 21.3 Å². The van der Waals surface area contributed by atoms with Crippen LogP contribution in [0.3, 0.4) is 0 Å². The molecule has 9 nitrogen and oxygen atoms in total. The largest absolute Gasteiger partial charge is 0.486 e. The summed E-state index contributed by atoms with van der Waals surface area (Å²) in [5.74, 6) is 1.02. The third-order valence-corrected chi connectivity index (χ3v) is 5.80. The fourth-order valence-electron chi connectivity index (χ4n) is 2.78. The molecule has 0 aliphatic carbocycles. The van der Waals surface area contributed by atoms with Crippen LogP contribution >= 0.6 is 0 Å². The van der Waals surface area contributed by atoms with E-state index in [1.54, 1.807) is 18.2 Å². The van der Waals surface area contributed by atoms with Gasteiger partial charge in [0.05, 0.1) is 11.5 Å². The molecule has 2 heterocycles. The van der Waals surface area contributed by atoms with Crippen LogP contribution in [0.1, 0.15) is 12.8 Å². The molecule has 3 rings (SSSR count). The highest BCUT2D eigenvalue weighted by atomic mass is 32.2. The second kappa shape index (κ2) is 7.81. The molecule has 3 N–H and O–H groups in total. The standard InChI is InChI=1S/C16H21N3O6S/c20-15(18-11-1-2-13-14(9-11)25-7-6-24-13)3-5-17-16(21)19-12-4-8-26(22,23)10-12/h1-2,9,12H,3-8,10H2,(H,18,20)(H2,17,19,21)/t12-/m1/s1. The van der Waals surface area contributed by atoms with Crippen LogP contribution in [0.5, 0.6) is 11.5 Å². The Labute approximate surface area is 151 Å². The van der Waals surface area contributed by atoms with E-state index in [0.29, 0.717) is 36.8 Å². The molecule has 1 aromatic carbocycles. The van der Waals surface area contributed by atoms with E-state index in [1.165, 1.54) is 0 Å². The lowest BCUT2D eigenvalue weighted by Gasteiger charge is -2.19. The lowest BCUT2D eigenvalue weighted by atomic mass is 10.2. The van der Waals surface area contributed by atoms with Crippen molar-refractivity contribution in [3.63, 3.8) is 0 Å². The minimum atomic E-state index is -3.04. The molecule has 1 fully saturated rings. The van der Waals surface area contributed by atoms with Gasteiger partial charge in [-0.1, -0.05) is 0 Å². The smallest absolute Gasteiger partial charge is 0.315 e. The normalized spacial score (nSPS) is 20.2. The Hall–Kier alpha value is -2.49. The number of fused-ring (bicyclic) bond motifs is 1. The fourth-order valence-corrected chi connectivity index (χ4v) is 4.45. The highest BCUT2D eigenvalue weighted by Gasteiger charge is 2.28. The number of hydrogen-bond acceptors (Lipinski definition) is 6. The topological polar surface area (TPSA) is 123 Å². The molecule has 0 saturated carbocycles. The average Bonchev–Trinajstić information content (AvgIpc) is 2.93. The van der Waals surface area contributed by atoms with Crippen molar-refractivity contribution in [2.45, 2.75) is 18.9 Å². The van der Waals surface area contributed by atoms with E-state index >= 15 is 0 Å². The van der Waals surface area contributed by atoms with Crippen LogP contribution in [0, 0.1) is 0 Å². The molecule has 10 heteroatoms. The van der Waals surface area contributed by atoms with E-state index in [0.717, 1.165) is 0 Å². The van der Waals surface area contributed by atoms with E-state index < -0.39 is 15.9 Å². The Morgan fingerprint density at radius 3 is 2.65 bits per heavy atom. The molecule has 0 unspecified atom stereocenters. The summed E-state index contributed by atoms with van der Waals surface area (Å²) in [6.07, 6.45) is 0.505. The molecular formula is C16H21N3O6S. The summed E-state index contributed by atoms with van der Waals surface area (Å²) in [6.45, 7) is 1.10. The summed E-state index contributed by atoms with van der Waals surface area (Å²) in [5, 5.41) is 7.88. The maximum Gasteiger partial charge on any atom is 0.315 e. The van der Waals surface area contributed by atoms with Gasteiger partial charge in [-0.2, -0.15) is 0 Å². The van der Waals surface area contributed by atoms with Crippen molar-refractivity contribution in [1.29, 1.82) is 0 Å². The SMILES string of the molecule is O=C(CCNC(=O)N[C@@H]1CCS(=O)(=O)C1)Nc1ccc2c(c1)OCCO2. The van der Waals surface area contributed by atoms with Gasteiger partial charge in [-0.05, 0) is 18.6 Å². The van der Waals surface area contributed by atoms with Crippen LogP contribution in [0.25, 0.3) is 0 Å². The predicted octanol–water partition coefficient (Wildman–Crippen LogP) is 0.273. The molecule has 2 aliphatic heterocycles. The lowest BCUT2D eigenvalue weighted by Crippen LogP contribution is -2.43. The number of benzene rings is 1. The van der Waals surface area contributed by atoms with Crippen LogP contribution in [0.2, 0.25) is 0 Å². The molecule has 3 amide bonds. The zero-order chi connectivity index (χ0) is 18.6. The third kappa shape index (κ3) is 5.01. The zero-order valence-electron chi connectivity index (χ0n) is 14.1. The maximum absolute atomic E-state index is 12.0. The van der Waals surface area contributed by atoms with Crippen molar-refractivity contribution in [1.82, 2.24) is 10.6 Å². The number of amides is 3. The van der Waals surface area contributed by atoms with Gasteiger partial charge in [-0.15, -0.1) is 0 Å². The number of nitrogens with one attached hydrogen (secondary N) is 3. The van der Waals surface area contributed by atoms with Crippen LogP contribution in [0.15, 0.2) is 18.2 Å². The van der Waals surface area contributed by atoms with E-state index in [-0.39, 0.29) is 36.4 Å². The van der Waals surface area contributed by atoms with Gasteiger partial charge in [0.1, 0.15) is 13.2 Å². The van der Waals surface area contributed by atoms with Crippen molar-refractivity contribution in [3.05, 3.63) is 18.2 Å². The molecule has 26 heavy (non-hydrogen) atoms. The Morgan fingerprint density at radius 2 is 1.92 bits per heavy atom. The van der Waals surface area contributed by atoms with Gasteiger partial charge in [-0.3, -0.25) is 4.79 Å². The highest BCUT2D eigenvalue weighted by molar-refractivity contribution is 7.91. The quantitative estimate of drug-likeness (QED) is 0.671. The first-order valence-corrected chi connectivity index (χ1v) is 10.2. The second-order valence-electron chi connectivity index (χ2n) is 6.16. The number of carbonyl (C=O) groups is 2. The molecule has 142 valence electrons. The van der Waals surface area contributed by atoms with Crippen molar-refractivity contribution < 1.29 is 27.5 Å². The van der Waals surface area contributed by atoms with Gasteiger partial charge in [-0.25, -0.2) is 13.2 Å². The van der Waals surface area contributed by atoms with E-state index in [2.05, 4.69) is 16.0 Å². The number of urea groups is 1. The molecule has 0 bridgehead atoms. The molecule has 1 atom stereocenters. The van der Waals surface area contributed by atoms with Gasteiger partial charge in [0, 0.05) is 30.8 Å². The highest BCUT2D eigenvalue weighted by Crippen LogP contribution is 2.32. The van der Waals surface area contributed by atoms with E-state index in [4.69, 9.17) is 9.47 Å². The summed E-state index contributed by atoms with van der Waals surface area (Å²) in [4.78, 5) is 23.7. The van der Waals surface area contributed by atoms with Crippen molar-refractivity contribution >= 4 is 27.5 Å². The lowest BCUT2D eigenvalue weighted by molar-refractivity contribution is -0.116. The molecule has 0 spiro atoms. The van der Waals surface area contributed by atoms with Gasteiger partial charge >= 0.3 is 6.03 Å². The monoisotopic (exact) mass is 383 g/mol. The first kappa shape index (κ1) is 18.3. The summed E-state index contributed by atoms with van der Waals surface area (Å²) >= 11 is 0. The molecule has 2 aliphatic rings. The van der Waals surface area contributed by atoms with E-state index in [1.807, 2.05) is 0 Å². The first-order valence-electron chi connectivity index (χ1n) is 8.35. The zero-order valence-corrected chi connectivity index (χ0v) is 14.9. The molecule has 1 aromatic rings. The number of sulfone groups is 1. The molecular weight excluding hydrogens is 362 g/mol. The maximum atomic E-state index is 12.0. The Balaban J connectivity index is 1.38. The van der Waals surface area contributed by atoms with Gasteiger partial charge < -0.3 is 25.4 Å². The molecule has 1 saturated heterocycles. The number of carbonyl (C=O) groups excluding carboxylic acids is 2. The van der Waals surface area contributed by atoms with Crippen molar-refractivity contribution in [3.8, 4) is 11.5 Å². The van der Waals surface area contributed by atoms with Crippen molar-refractivity contribution in [2.75, 3.05) is 36.6 Å². The predicted molar refractivity (Wildman–Crippen MR) is 94.3 cm³/mol. The van der Waals surface area contributed by atoms with Crippen molar-refractivity contribution in [2.24, 2.45) is 0 Å². The summed E-state index contributed by atoms with van der Waals surface area (Å²) in [7, 11) is -3.04. The molecule has 0 aromatic heterocycles. The first-order chi connectivity index (χ1) is 12.4. The molecule has 0 radical (unpaired) electrons. The van der Waals surface area contributed by atoms with Crippen LogP contribution in [-0.2, 0) is 14.6 Å². The number of hydrogen-bond donors (Lipinski definition) is 3. The number of anilines is 1. The van der Waals surface area contributed by atoms with E-state index in [9.17, 15) is 18.0 Å². The van der Waals surface area contributed by atoms with Gasteiger partial charge in [0.25, 0.3) is 0 Å². The third-order valence-electron chi connectivity index (χ3n) is 4.03. The Bertz CT molecular complexity index is 795. The summed E-state index contributed by atoms with van der Waals surface area (Å²) in [5.41, 5.74) is 0.583. The van der Waals surface area contributed by atoms with Crippen LogP contribution in [0.4, 0.5) is 10.5 Å². The summed E-state index contributed by atoms with van der Waals surface area (Å²) < 4.78 is 33.6. The minimum Gasteiger partial charge on any atom is -0.486 e. The summed E-state index contributed by atoms with van der Waals surface area (Å²) in [6, 6.07) is 4.29. The number of ether oxygens (including phenoxy) is 2. The number of rotatable bonds is 5. The average molecular weight is 383 g/mol.